The minimum atomic E-state index is -0.244. The van der Waals surface area contributed by atoms with Crippen molar-refractivity contribution in [2.75, 3.05) is 25.0 Å². The molecule has 4 nitrogen and oxygen atoms in total. The molecule has 2 rings (SSSR count). The van der Waals surface area contributed by atoms with Crippen LogP contribution in [0.1, 0.15) is 44.6 Å². The highest BCUT2D eigenvalue weighted by Crippen LogP contribution is 2.19. The van der Waals surface area contributed by atoms with Crippen LogP contribution in [0, 0.1) is 18.7 Å². The van der Waals surface area contributed by atoms with E-state index in [0.717, 1.165) is 51.7 Å². The maximum Gasteiger partial charge on any atom is 0.223 e. The number of carbonyl (C=O) groups excluding carboxylic acids is 1. The topological polar surface area (TPSA) is 44.4 Å². The number of anilines is 1. The van der Waals surface area contributed by atoms with Crippen LogP contribution in [0.4, 0.5) is 10.1 Å². The molecule has 0 bridgehead atoms. The van der Waals surface area contributed by atoms with Gasteiger partial charge in [-0.25, -0.2) is 4.39 Å². The first-order valence-electron chi connectivity index (χ1n) is 9.11. The van der Waals surface area contributed by atoms with Gasteiger partial charge < -0.3 is 15.5 Å². The zero-order valence-corrected chi connectivity index (χ0v) is 15.9. The number of unbranched alkanes of at least 4 members (excludes halogenated alkanes) is 2. The van der Waals surface area contributed by atoms with Crippen molar-refractivity contribution < 1.29 is 9.18 Å². The van der Waals surface area contributed by atoms with Crippen molar-refractivity contribution >= 4 is 28.9 Å². The van der Waals surface area contributed by atoms with Crippen LogP contribution in [-0.4, -0.2) is 35.6 Å². The Bertz CT molecular complexity index is 600. The molecule has 1 aromatic carbocycles. The molecule has 25 heavy (non-hydrogen) atoms. The van der Waals surface area contributed by atoms with Gasteiger partial charge in [-0.2, -0.15) is 0 Å². The molecule has 0 atom stereocenters. The fraction of sp³-hybridized carbons (Fsp3) is 0.579. The summed E-state index contributed by atoms with van der Waals surface area (Å²) in [6.07, 6.45) is 4.94. The Balaban J connectivity index is 1.76. The average molecular weight is 366 g/mol. The summed E-state index contributed by atoms with van der Waals surface area (Å²) in [5.74, 6) is -0.0148. The Hall–Kier alpha value is -1.69. The molecule has 1 fully saturated rings. The Labute approximate surface area is 155 Å². The number of hydrogen-bond acceptors (Lipinski definition) is 2. The molecule has 0 aromatic heterocycles. The highest BCUT2D eigenvalue weighted by Gasteiger charge is 2.25. The van der Waals surface area contributed by atoms with Crippen molar-refractivity contribution in [2.24, 2.45) is 5.92 Å². The van der Waals surface area contributed by atoms with E-state index in [1.54, 1.807) is 13.0 Å². The number of rotatable bonds is 6. The third kappa shape index (κ3) is 5.96. The fourth-order valence-corrected chi connectivity index (χ4v) is 3.25. The van der Waals surface area contributed by atoms with Crippen LogP contribution < -0.4 is 10.6 Å². The molecular weight excluding hydrogens is 337 g/mol. The number of carbonyl (C=O) groups is 1. The van der Waals surface area contributed by atoms with Gasteiger partial charge in [0.1, 0.15) is 5.82 Å². The molecule has 1 amide bonds. The van der Waals surface area contributed by atoms with Gasteiger partial charge in [-0.15, -0.1) is 0 Å². The van der Waals surface area contributed by atoms with E-state index in [2.05, 4.69) is 17.6 Å². The number of thiocarbonyl (C=S) groups is 1. The van der Waals surface area contributed by atoms with Crippen molar-refractivity contribution in [1.29, 1.82) is 0 Å². The van der Waals surface area contributed by atoms with Gasteiger partial charge in [0.2, 0.25) is 5.91 Å². The summed E-state index contributed by atoms with van der Waals surface area (Å²) in [7, 11) is 0. The normalized spacial score (nSPS) is 15.1. The molecule has 0 radical (unpaired) electrons. The number of piperidine rings is 1. The van der Waals surface area contributed by atoms with Gasteiger partial charge in [0, 0.05) is 31.2 Å². The molecule has 0 spiro atoms. The van der Waals surface area contributed by atoms with Gasteiger partial charge in [0.15, 0.2) is 5.11 Å². The number of likely N-dealkylation sites (tertiary alicyclic amines) is 1. The molecule has 138 valence electrons. The highest BCUT2D eigenvalue weighted by molar-refractivity contribution is 7.80. The Kier molecular flexibility index (Phi) is 7.62. The van der Waals surface area contributed by atoms with Crippen LogP contribution in [0.2, 0.25) is 0 Å². The minimum absolute atomic E-state index is 0.0671. The molecule has 2 N–H and O–H groups in total. The molecule has 1 aliphatic heterocycles. The summed E-state index contributed by atoms with van der Waals surface area (Å²) in [6, 6.07) is 5.01. The van der Waals surface area contributed by atoms with Crippen LogP contribution in [0.25, 0.3) is 0 Å². The van der Waals surface area contributed by atoms with E-state index in [4.69, 9.17) is 12.2 Å². The average Bonchev–Trinajstić information content (AvgIpc) is 2.62. The van der Waals surface area contributed by atoms with E-state index in [1.165, 1.54) is 6.07 Å². The first-order chi connectivity index (χ1) is 12.0. The van der Waals surface area contributed by atoms with Gasteiger partial charge in [-0.3, -0.25) is 4.79 Å². The number of nitrogens with zero attached hydrogens (tertiary/aromatic N) is 1. The van der Waals surface area contributed by atoms with E-state index >= 15 is 0 Å². The van der Waals surface area contributed by atoms with Crippen molar-refractivity contribution in [3.63, 3.8) is 0 Å². The molecule has 6 heteroatoms. The minimum Gasteiger partial charge on any atom is -0.356 e. The third-order valence-corrected chi connectivity index (χ3v) is 5.02. The van der Waals surface area contributed by atoms with E-state index in [-0.39, 0.29) is 17.6 Å². The monoisotopic (exact) mass is 365 g/mol. The number of hydrogen-bond donors (Lipinski definition) is 2. The maximum absolute atomic E-state index is 13.6. The molecule has 1 heterocycles. The van der Waals surface area contributed by atoms with E-state index in [9.17, 15) is 9.18 Å². The zero-order chi connectivity index (χ0) is 18.2. The van der Waals surface area contributed by atoms with Crippen LogP contribution in [0.5, 0.6) is 0 Å². The first kappa shape index (κ1) is 19.6. The van der Waals surface area contributed by atoms with Gasteiger partial charge >= 0.3 is 0 Å². The second-order valence-electron chi connectivity index (χ2n) is 6.65. The second-order valence-corrected chi connectivity index (χ2v) is 7.04. The Morgan fingerprint density at radius 3 is 2.68 bits per heavy atom. The van der Waals surface area contributed by atoms with Crippen LogP contribution in [0.15, 0.2) is 18.2 Å². The van der Waals surface area contributed by atoms with E-state index in [0.29, 0.717) is 16.4 Å². The van der Waals surface area contributed by atoms with Gasteiger partial charge in [0.05, 0.1) is 0 Å². The van der Waals surface area contributed by atoms with Crippen LogP contribution in [0.3, 0.4) is 0 Å². The van der Waals surface area contributed by atoms with Crippen molar-refractivity contribution in [2.45, 2.75) is 46.0 Å². The second kappa shape index (κ2) is 9.70. The molecule has 0 unspecified atom stereocenters. The van der Waals surface area contributed by atoms with Crippen molar-refractivity contribution in [1.82, 2.24) is 10.2 Å². The number of aryl methyl sites for hydroxylation is 1. The van der Waals surface area contributed by atoms with Gasteiger partial charge in [-0.1, -0.05) is 25.8 Å². The quantitative estimate of drug-likeness (QED) is 0.594. The molecule has 1 saturated heterocycles. The largest absolute Gasteiger partial charge is 0.356 e. The zero-order valence-electron chi connectivity index (χ0n) is 15.1. The van der Waals surface area contributed by atoms with Crippen molar-refractivity contribution in [3.05, 3.63) is 29.6 Å². The maximum atomic E-state index is 13.6. The lowest BCUT2D eigenvalue weighted by atomic mass is 9.96. The lowest BCUT2D eigenvalue weighted by Gasteiger charge is -2.33. The summed E-state index contributed by atoms with van der Waals surface area (Å²) in [5.41, 5.74) is 1.27. The Morgan fingerprint density at radius 1 is 1.32 bits per heavy atom. The molecule has 1 aromatic rings. The summed E-state index contributed by atoms with van der Waals surface area (Å²) >= 11 is 5.43. The lowest BCUT2D eigenvalue weighted by molar-refractivity contribution is -0.126. The molecule has 1 aliphatic rings. The fourth-order valence-electron chi connectivity index (χ4n) is 2.95. The lowest BCUT2D eigenvalue weighted by Crippen LogP contribution is -2.44. The number of halogens is 1. The standard InChI is InChI=1S/C19H28FN3OS/c1-3-4-5-10-21-18(24)15-8-11-23(12-9-15)19(25)22-16-7-6-14(2)17(20)13-16/h6-7,13,15H,3-5,8-12H2,1-2H3,(H,21,24)(H,22,25). The van der Waals surface area contributed by atoms with Crippen LogP contribution in [-0.2, 0) is 4.79 Å². The summed E-state index contributed by atoms with van der Waals surface area (Å²) < 4.78 is 13.6. The summed E-state index contributed by atoms with van der Waals surface area (Å²) in [5, 5.41) is 6.71. The number of amides is 1. The summed E-state index contributed by atoms with van der Waals surface area (Å²) in [4.78, 5) is 14.2. The first-order valence-corrected chi connectivity index (χ1v) is 9.52. The Morgan fingerprint density at radius 2 is 2.04 bits per heavy atom. The van der Waals surface area contributed by atoms with Gasteiger partial charge in [0.25, 0.3) is 0 Å². The van der Waals surface area contributed by atoms with Crippen molar-refractivity contribution in [3.8, 4) is 0 Å². The SMILES string of the molecule is CCCCCNC(=O)C1CCN(C(=S)Nc2ccc(C)c(F)c2)CC1. The predicted molar refractivity (Wildman–Crippen MR) is 104 cm³/mol. The van der Waals surface area contributed by atoms with Gasteiger partial charge in [-0.05, 0) is 56.1 Å². The summed E-state index contributed by atoms with van der Waals surface area (Å²) in [6.45, 7) is 6.14. The molecule has 0 aliphatic carbocycles. The van der Waals surface area contributed by atoms with E-state index in [1.807, 2.05) is 11.0 Å². The van der Waals surface area contributed by atoms with E-state index < -0.39 is 0 Å². The van der Waals surface area contributed by atoms with Crippen LogP contribution >= 0.6 is 12.2 Å². The molecule has 0 saturated carbocycles. The number of nitrogens with one attached hydrogen (secondary N) is 2. The number of benzene rings is 1. The predicted octanol–water partition coefficient (Wildman–Crippen LogP) is 3.85. The smallest absolute Gasteiger partial charge is 0.223 e. The molecular formula is C19H28FN3OS. The highest BCUT2D eigenvalue weighted by atomic mass is 32.1. The third-order valence-electron chi connectivity index (χ3n) is 4.66.